The van der Waals surface area contributed by atoms with Crippen LogP contribution in [0.15, 0.2) is 72.8 Å². The van der Waals surface area contributed by atoms with E-state index in [0.717, 1.165) is 35.1 Å². The lowest BCUT2D eigenvalue weighted by atomic mass is 9.93. The Balaban J connectivity index is 2.05. The molecule has 0 fully saturated rings. The number of rotatable bonds is 6. The molecule has 0 radical (unpaired) electrons. The van der Waals surface area contributed by atoms with Crippen molar-refractivity contribution < 1.29 is 13.5 Å². The summed E-state index contributed by atoms with van der Waals surface area (Å²) in [6, 6.07) is 23.3. The molecule has 0 spiro atoms. The van der Waals surface area contributed by atoms with E-state index in [-0.39, 0.29) is 5.75 Å². The number of halogens is 2. The van der Waals surface area contributed by atoms with Gasteiger partial charge in [-0.2, -0.15) is 8.78 Å². The molecule has 0 atom stereocenters. The highest BCUT2D eigenvalue weighted by Crippen LogP contribution is 2.35. The fourth-order valence-electron chi connectivity index (χ4n) is 2.95. The van der Waals surface area contributed by atoms with Gasteiger partial charge in [-0.15, -0.1) is 0 Å². The van der Waals surface area contributed by atoms with Crippen LogP contribution in [0.3, 0.4) is 0 Å². The molecule has 0 bridgehead atoms. The van der Waals surface area contributed by atoms with Gasteiger partial charge in [0.1, 0.15) is 5.75 Å². The Bertz CT molecular complexity index is 811. The summed E-state index contributed by atoms with van der Waals surface area (Å²) in [6.45, 7) is -0.675. The van der Waals surface area contributed by atoms with Crippen LogP contribution in [0.2, 0.25) is 0 Å². The van der Waals surface area contributed by atoms with Crippen LogP contribution in [0, 0.1) is 0 Å². The van der Waals surface area contributed by atoms with Crippen LogP contribution >= 0.6 is 0 Å². The van der Waals surface area contributed by atoms with Gasteiger partial charge < -0.3 is 4.74 Å². The van der Waals surface area contributed by atoms with Crippen molar-refractivity contribution in [3.8, 4) is 28.0 Å². The number of alkyl halides is 2. The molecule has 0 saturated carbocycles. The molecule has 128 valence electrons. The first-order valence-electron chi connectivity index (χ1n) is 8.41. The van der Waals surface area contributed by atoms with E-state index in [9.17, 15) is 8.78 Å². The van der Waals surface area contributed by atoms with Gasteiger partial charge in [-0.3, -0.25) is 0 Å². The maximum absolute atomic E-state index is 12.6. The molecule has 3 heteroatoms. The maximum atomic E-state index is 12.6. The second-order valence-electron chi connectivity index (χ2n) is 5.90. The second kappa shape index (κ2) is 7.93. The standard InChI is InChI=1S/C22H20F2O/c1-2-6-16-9-11-18(12-10-16)20-14-13-19(25-22(23)24)15-21(20)17-7-4-3-5-8-17/h3-5,7-15,22H,2,6H2,1H3. The molecule has 0 heterocycles. The Morgan fingerprint density at radius 1 is 0.800 bits per heavy atom. The summed E-state index contributed by atoms with van der Waals surface area (Å²) in [5.74, 6) is 0.167. The average Bonchev–Trinajstić information content (AvgIpc) is 2.63. The number of benzene rings is 3. The minimum atomic E-state index is -2.83. The molecule has 0 aliphatic heterocycles. The van der Waals surface area contributed by atoms with Crippen molar-refractivity contribution in [2.75, 3.05) is 0 Å². The molecule has 25 heavy (non-hydrogen) atoms. The topological polar surface area (TPSA) is 9.23 Å². The zero-order valence-corrected chi connectivity index (χ0v) is 14.1. The largest absolute Gasteiger partial charge is 0.435 e. The van der Waals surface area contributed by atoms with Gasteiger partial charge in [0.05, 0.1) is 0 Å². The molecule has 3 rings (SSSR count). The van der Waals surface area contributed by atoms with E-state index in [2.05, 4.69) is 35.9 Å². The van der Waals surface area contributed by atoms with E-state index >= 15 is 0 Å². The molecule has 0 aliphatic carbocycles. The first-order chi connectivity index (χ1) is 12.2. The molecular formula is C22H20F2O. The molecule has 0 aromatic heterocycles. The van der Waals surface area contributed by atoms with Crippen LogP contribution in [0.1, 0.15) is 18.9 Å². The Morgan fingerprint density at radius 2 is 1.48 bits per heavy atom. The van der Waals surface area contributed by atoms with Crippen molar-refractivity contribution in [2.24, 2.45) is 0 Å². The van der Waals surface area contributed by atoms with E-state index in [1.807, 2.05) is 36.4 Å². The first kappa shape index (κ1) is 17.2. The molecule has 0 amide bonds. The van der Waals surface area contributed by atoms with Gasteiger partial charge in [0.2, 0.25) is 0 Å². The molecule has 0 N–H and O–H groups in total. The Labute approximate surface area is 146 Å². The SMILES string of the molecule is CCCc1ccc(-c2ccc(OC(F)F)cc2-c2ccccc2)cc1. The number of ether oxygens (including phenoxy) is 1. The lowest BCUT2D eigenvalue weighted by Crippen LogP contribution is -2.02. The minimum absolute atomic E-state index is 0.167. The summed E-state index contributed by atoms with van der Waals surface area (Å²) in [6.07, 6.45) is 2.15. The zero-order chi connectivity index (χ0) is 17.6. The van der Waals surface area contributed by atoms with Crippen LogP contribution in [-0.2, 0) is 6.42 Å². The highest BCUT2D eigenvalue weighted by Gasteiger charge is 2.11. The van der Waals surface area contributed by atoms with Gasteiger partial charge >= 0.3 is 6.61 Å². The van der Waals surface area contributed by atoms with Crippen LogP contribution in [0.5, 0.6) is 5.75 Å². The highest BCUT2D eigenvalue weighted by molar-refractivity contribution is 5.84. The number of hydrogen-bond donors (Lipinski definition) is 0. The molecule has 0 saturated heterocycles. The molecule has 0 aliphatic rings. The summed E-state index contributed by atoms with van der Waals surface area (Å²) < 4.78 is 29.7. The maximum Gasteiger partial charge on any atom is 0.387 e. The van der Waals surface area contributed by atoms with Gasteiger partial charge in [-0.1, -0.05) is 74.0 Å². The fraction of sp³-hybridized carbons (Fsp3) is 0.182. The van der Waals surface area contributed by atoms with Gasteiger partial charge in [0.15, 0.2) is 0 Å². The van der Waals surface area contributed by atoms with Gasteiger partial charge in [0.25, 0.3) is 0 Å². The van der Waals surface area contributed by atoms with Crippen molar-refractivity contribution in [3.63, 3.8) is 0 Å². The van der Waals surface area contributed by atoms with Crippen LogP contribution < -0.4 is 4.74 Å². The average molecular weight is 338 g/mol. The highest BCUT2D eigenvalue weighted by atomic mass is 19.3. The Kier molecular flexibility index (Phi) is 5.44. The first-order valence-corrected chi connectivity index (χ1v) is 8.41. The summed E-state index contributed by atoms with van der Waals surface area (Å²) >= 11 is 0. The molecular weight excluding hydrogens is 318 g/mol. The van der Waals surface area contributed by atoms with Crippen molar-refractivity contribution in [1.82, 2.24) is 0 Å². The minimum Gasteiger partial charge on any atom is -0.435 e. The third-order valence-corrected chi connectivity index (χ3v) is 4.10. The predicted molar refractivity (Wildman–Crippen MR) is 97.9 cm³/mol. The third kappa shape index (κ3) is 4.24. The lowest BCUT2D eigenvalue weighted by Gasteiger charge is -2.13. The van der Waals surface area contributed by atoms with Crippen molar-refractivity contribution in [2.45, 2.75) is 26.4 Å². The molecule has 0 unspecified atom stereocenters. The molecule has 3 aromatic carbocycles. The second-order valence-corrected chi connectivity index (χ2v) is 5.90. The summed E-state index contributed by atoms with van der Waals surface area (Å²) in [7, 11) is 0. The van der Waals surface area contributed by atoms with Crippen LogP contribution in [0.4, 0.5) is 8.78 Å². The van der Waals surface area contributed by atoms with Crippen molar-refractivity contribution >= 4 is 0 Å². The Morgan fingerprint density at radius 3 is 2.12 bits per heavy atom. The number of hydrogen-bond acceptors (Lipinski definition) is 1. The van der Waals surface area contributed by atoms with E-state index in [1.54, 1.807) is 12.1 Å². The molecule has 3 aromatic rings. The van der Waals surface area contributed by atoms with E-state index in [4.69, 9.17) is 0 Å². The molecule has 1 nitrogen and oxygen atoms in total. The van der Waals surface area contributed by atoms with Crippen LogP contribution in [-0.4, -0.2) is 6.61 Å². The van der Waals surface area contributed by atoms with E-state index < -0.39 is 6.61 Å². The van der Waals surface area contributed by atoms with Gasteiger partial charge in [-0.25, -0.2) is 0 Å². The lowest BCUT2D eigenvalue weighted by molar-refractivity contribution is -0.0498. The third-order valence-electron chi connectivity index (χ3n) is 4.10. The monoisotopic (exact) mass is 338 g/mol. The Hall–Kier alpha value is -2.68. The smallest absolute Gasteiger partial charge is 0.387 e. The van der Waals surface area contributed by atoms with Gasteiger partial charge in [-0.05, 0) is 46.4 Å². The summed E-state index contributed by atoms with van der Waals surface area (Å²) in [5.41, 5.74) is 5.19. The zero-order valence-electron chi connectivity index (χ0n) is 14.1. The van der Waals surface area contributed by atoms with Gasteiger partial charge in [0, 0.05) is 0 Å². The number of aryl methyl sites for hydroxylation is 1. The van der Waals surface area contributed by atoms with Crippen molar-refractivity contribution in [3.05, 3.63) is 78.4 Å². The summed E-state index contributed by atoms with van der Waals surface area (Å²) in [4.78, 5) is 0. The van der Waals surface area contributed by atoms with E-state index in [0.29, 0.717) is 0 Å². The normalized spacial score (nSPS) is 10.9. The predicted octanol–water partition coefficient (Wildman–Crippen LogP) is 6.57. The quantitative estimate of drug-likeness (QED) is 0.493. The van der Waals surface area contributed by atoms with Crippen molar-refractivity contribution in [1.29, 1.82) is 0 Å². The van der Waals surface area contributed by atoms with E-state index in [1.165, 1.54) is 5.56 Å². The van der Waals surface area contributed by atoms with Crippen LogP contribution in [0.25, 0.3) is 22.3 Å². The fourth-order valence-corrected chi connectivity index (χ4v) is 2.95. The summed E-state index contributed by atoms with van der Waals surface area (Å²) in [5, 5.41) is 0.